The van der Waals surface area contributed by atoms with Crippen molar-refractivity contribution in [2.45, 2.75) is 45.1 Å². The molecule has 1 aliphatic heterocycles. The first kappa shape index (κ1) is 25.2. The fraction of sp³-hybridized carbons (Fsp3) is 0.393. The van der Waals surface area contributed by atoms with Gasteiger partial charge in [-0.25, -0.2) is 9.97 Å². The molecule has 1 aliphatic carbocycles. The number of benzene rings is 2. The van der Waals surface area contributed by atoms with E-state index in [1.165, 1.54) is 5.69 Å². The number of nitrogens with zero attached hydrogens (tertiary/aromatic N) is 4. The van der Waals surface area contributed by atoms with Crippen LogP contribution in [0.15, 0.2) is 36.4 Å². The molecule has 2 N–H and O–H groups in total. The number of halogens is 2. The maximum atomic E-state index is 13.2. The van der Waals surface area contributed by atoms with Gasteiger partial charge in [0.2, 0.25) is 5.95 Å². The van der Waals surface area contributed by atoms with Crippen LogP contribution in [0.25, 0.3) is 16.7 Å². The molecule has 198 valence electrons. The monoisotopic (exact) mass is 552 g/mol. The predicted molar refractivity (Wildman–Crippen MR) is 150 cm³/mol. The second-order valence-electron chi connectivity index (χ2n) is 10.1. The van der Waals surface area contributed by atoms with Crippen LogP contribution in [-0.2, 0) is 11.2 Å². The summed E-state index contributed by atoms with van der Waals surface area (Å²) in [5, 5.41) is 4.16. The molecule has 0 bridgehead atoms. The molecular weight excluding hydrogens is 523 g/mol. The lowest BCUT2D eigenvalue weighted by Gasteiger charge is -2.29. The summed E-state index contributed by atoms with van der Waals surface area (Å²) in [7, 11) is 0. The first-order valence-corrected chi connectivity index (χ1v) is 13.8. The van der Waals surface area contributed by atoms with E-state index in [2.05, 4.69) is 31.7 Å². The third-order valence-corrected chi connectivity index (χ3v) is 8.01. The number of carbonyl (C=O) groups excluding carboxylic acids is 1. The van der Waals surface area contributed by atoms with Crippen molar-refractivity contribution in [3.63, 3.8) is 0 Å². The topological polar surface area (TPSA) is 88.1 Å². The number of anilines is 1. The van der Waals surface area contributed by atoms with E-state index in [4.69, 9.17) is 32.9 Å². The maximum Gasteiger partial charge on any atom is 0.251 e. The van der Waals surface area contributed by atoms with E-state index in [-0.39, 0.29) is 11.9 Å². The van der Waals surface area contributed by atoms with E-state index >= 15 is 0 Å². The molecule has 0 saturated carbocycles. The van der Waals surface area contributed by atoms with E-state index < -0.39 is 0 Å². The van der Waals surface area contributed by atoms with Crippen molar-refractivity contribution in [2.24, 2.45) is 0 Å². The summed E-state index contributed by atoms with van der Waals surface area (Å²) >= 11 is 13.0. The summed E-state index contributed by atoms with van der Waals surface area (Å²) < 4.78 is 7.78. The molecular formula is C28H30Cl2N6O2. The summed E-state index contributed by atoms with van der Waals surface area (Å²) in [6.45, 7) is 7.06. The number of fused-ring (bicyclic) bond motifs is 2. The fourth-order valence-corrected chi connectivity index (χ4v) is 5.85. The minimum Gasteiger partial charge on any atom is -0.378 e. The van der Waals surface area contributed by atoms with Crippen molar-refractivity contribution in [3.8, 4) is 5.69 Å². The molecule has 1 saturated heterocycles. The molecule has 38 heavy (non-hydrogen) atoms. The van der Waals surface area contributed by atoms with Crippen LogP contribution < -0.4 is 10.2 Å². The smallest absolute Gasteiger partial charge is 0.251 e. The van der Waals surface area contributed by atoms with E-state index in [0.717, 1.165) is 60.7 Å². The van der Waals surface area contributed by atoms with Crippen LogP contribution in [0, 0.1) is 0 Å². The molecule has 6 rings (SSSR count). The summed E-state index contributed by atoms with van der Waals surface area (Å²) in [6, 6.07) is 10.6. The number of hydrogen-bond acceptors (Lipinski definition) is 5. The highest BCUT2D eigenvalue weighted by molar-refractivity contribution is 6.33. The molecule has 2 aromatic carbocycles. The highest BCUT2D eigenvalue weighted by atomic mass is 35.5. The number of hydrogen-bond donors (Lipinski definition) is 2. The third-order valence-electron chi connectivity index (χ3n) is 7.47. The number of rotatable bonds is 5. The molecule has 3 heterocycles. The fourth-order valence-electron chi connectivity index (χ4n) is 5.42. The maximum absolute atomic E-state index is 13.2. The number of amides is 1. The van der Waals surface area contributed by atoms with E-state index in [1.54, 1.807) is 12.1 Å². The molecule has 4 aromatic rings. The lowest BCUT2D eigenvalue weighted by molar-refractivity contribution is 0.0938. The quantitative estimate of drug-likeness (QED) is 0.325. The molecule has 1 unspecified atom stereocenters. The summed E-state index contributed by atoms with van der Waals surface area (Å²) in [5.41, 5.74) is 5.32. The zero-order chi connectivity index (χ0) is 26.4. The average molecular weight is 553 g/mol. The van der Waals surface area contributed by atoms with E-state index in [9.17, 15) is 4.79 Å². The first-order valence-electron chi connectivity index (χ1n) is 13.1. The minimum absolute atomic E-state index is 0.223. The number of morpholine rings is 1. The second kappa shape index (κ2) is 10.2. The van der Waals surface area contributed by atoms with Crippen LogP contribution in [0.5, 0.6) is 0 Å². The molecule has 2 atom stereocenters. The Hall–Kier alpha value is -3.07. The van der Waals surface area contributed by atoms with E-state index in [1.807, 2.05) is 31.2 Å². The summed E-state index contributed by atoms with van der Waals surface area (Å²) in [6.07, 6.45) is 3.21. The van der Waals surface area contributed by atoms with Crippen LogP contribution >= 0.6 is 23.2 Å². The normalized spacial score (nSPS) is 18.4. The van der Waals surface area contributed by atoms with Gasteiger partial charge < -0.3 is 19.9 Å². The van der Waals surface area contributed by atoms with Crippen LogP contribution in [0.3, 0.4) is 0 Å². The SMILES string of the molecule is CC1CCCc2c1nc(N1CCOCC1)n2-c1ccc(C(=O)N[C@@H](C)c2nc3ccc(Cl)cc3[nH]2)cc1Cl. The van der Waals surface area contributed by atoms with Crippen molar-refractivity contribution < 1.29 is 9.53 Å². The van der Waals surface area contributed by atoms with Crippen LogP contribution in [0.1, 0.15) is 66.2 Å². The number of carbonyl (C=O) groups is 1. The molecule has 0 radical (unpaired) electrons. The zero-order valence-corrected chi connectivity index (χ0v) is 22.9. The van der Waals surface area contributed by atoms with Gasteiger partial charge in [0.05, 0.1) is 46.7 Å². The zero-order valence-electron chi connectivity index (χ0n) is 21.4. The molecule has 2 aromatic heterocycles. The number of imidazole rings is 2. The molecule has 0 spiro atoms. The Morgan fingerprint density at radius 2 is 1.97 bits per heavy atom. The van der Waals surface area contributed by atoms with Crippen LogP contribution in [-0.4, -0.2) is 51.7 Å². The van der Waals surface area contributed by atoms with Gasteiger partial charge >= 0.3 is 0 Å². The lowest BCUT2D eigenvalue weighted by atomic mass is 9.91. The third kappa shape index (κ3) is 4.65. The summed E-state index contributed by atoms with van der Waals surface area (Å²) in [4.78, 5) is 28.4. The van der Waals surface area contributed by atoms with Crippen molar-refractivity contribution in [3.05, 3.63) is 69.2 Å². The molecule has 1 amide bonds. The van der Waals surface area contributed by atoms with Gasteiger partial charge in [-0.1, -0.05) is 30.1 Å². The Bertz CT molecular complexity index is 1510. The number of aromatic amines is 1. The number of H-pyrrole nitrogens is 1. The average Bonchev–Trinajstić information content (AvgIpc) is 3.51. The van der Waals surface area contributed by atoms with Crippen LogP contribution in [0.4, 0.5) is 5.95 Å². The second-order valence-corrected chi connectivity index (χ2v) is 11.0. The van der Waals surface area contributed by atoms with Crippen LogP contribution in [0.2, 0.25) is 10.0 Å². The van der Waals surface area contributed by atoms with Gasteiger partial charge in [-0.15, -0.1) is 0 Å². The van der Waals surface area contributed by atoms with Crippen molar-refractivity contribution >= 4 is 46.1 Å². The Morgan fingerprint density at radius 1 is 1.16 bits per heavy atom. The van der Waals surface area contributed by atoms with Crippen molar-refractivity contribution in [1.82, 2.24) is 24.8 Å². The van der Waals surface area contributed by atoms with Gasteiger partial charge in [0.1, 0.15) is 5.82 Å². The molecule has 1 fully saturated rings. The number of aromatic nitrogens is 4. The van der Waals surface area contributed by atoms with Crippen molar-refractivity contribution in [2.75, 3.05) is 31.2 Å². The van der Waals surface area contributed by atoms with Gasteiger partial charge in [-0.2, -0.15) is 0 Å². The minimum atomic E-state index is -0.331. The Kier molecular flexibility index (Phi) is 6.80. The van der Waals surface area contributed by atoms with Gasteiger partial charge in [-0.05, 0) is 62.6 Å². The highest BCUT2D eigenvalue weighted by Crippen LogP contribution is 2.38. The Labute approximate surface area is 231 Å². The standard InChI is InChI=1S/C28H30Cl2N6O2/c1-16-4-3-5-24-25(16)34-28(35-10-12-38-13-11-35)36(24)23-9-6-18(14-20(23)30)27(37)31-17(2)26-32-21-8-7-19(29)15-22(21)33-26/h6-9,14-17H,3-5,10-13H2,1-2H3,(H,31,37)(H,32,33)/t16?,17-/m0/s1. The van der Waals surface area contributed by atoms with Gasteiger partial charge in [0.25, 0.3) is 5.91 Å². The Morgan fingerprint density at radius 3 is 2.76 bits per heavy atom. The largest absolute Gasteiger partial charge is 0.378 e. The van der Waals surface area contributed by atoms with Gasteiger partial charge in [0.15, 0.2) is 0 Å². The first-order chi connectivity index (χ1) is 18.4. The van der Waals surface area contributed by atoms with Crippen molar-refractivity contribution in [1.29, 1.82) is 0 Å². The summed E-state index contributed by atoms with van der Waals surface area (Å²) in [5.74, 6) is 1.75. The molecule has 10 heteroatoms. The number of nitrogens with one attached hydrogen (secondary N) is 2. The lowest BCUT2D eigenvalue weighted by Crippen LogP contribution is -2.38. The van der Waals surface area contributed by atoms with Gasteiger partial charge in [0, 0.05) is 35.3 Å². The Balaban J connectivity index is 1.28. The predicted octanol–water partition coefficient (Wildman–Crippen LogP) is 5.82. The molecule has 8 nitrogen and oxygen atoms in total. The van der Waals surface area contributed by atoms with E-state index in [0.29, 0.717) is 40.6 Å². The van der Waals surface area contributed by atoms with Gasteiger partial charge in [-0.3, -0.25) is 9.36 Å². The number of ether oxygens (including phenoxy) is 1. The highest BCUT2D eigenvalue weighted by Gasteiger charge is 2.29. The molecule has 2 aliphatic rings.